The molecule has 5 aliphatic rings. The SMILES string of the molecule is C[C@@H]1CC(=O)[C@@H](C(C)(C)O)O[C@H]2C[C@@]3(C)C(=C12)C=C[C@H]1[C@@]2(C)CCC(=O)C(C)(C)[C@@H]2CC[C@@]13C. The third-order valence-electron chi connectivity index (χ3n) is 11.5. The summed E-state index contributed by atoms with van der Waals surface area (Å²) in [5.74, 6) is 1.37. The Morgan fingerprint density at radius 1 is 1.09 bits per heavy atom. The third kappa shape index (κ3) is 2.97. The van der Waals surface area contributed by atoms with Crippen LogP contribution in [-0.4, -0.2) is 34.5 Å². The summed E-state index contributed by atoms with van der Waals surface area (Å²) in [6.45, 7) is 17.3. The fraction of sp³-hybridized carbons (Fsp3) is 0.800. The highest BCUT2D eigenvalue weighted by atomic mass is 16.5. The van der Waals surface area contributed by atoms with Gasteiger partial charge in [0.15, 0.2) is 5.78 Å². The molecule has 0 aromatic heterocycles. The Kier molecular flexibility index (Phi) is 5.14. The van der Waals surface area contributed by atoms with Gasteiger partial charge < -0.3 is 9.84 Å². The van der Waals surface area contributed by atoms with Gasteiger partial charge >= 0.3 is 0 Å². The minimum atomic E-state index is -1.19. The Bertz CT molecular complexity index is 996. The summed E-state index contributed by atoms with van der Waals surface area (Å²) in [5.41, 5.74) is 1.32. The Labute approximate surface area is 205 Å². The monoisotopic (exact) mass is 468 g/mol. The van der Waals surface area contributed by atoms with Crippen molar-refractivity contribution in [2.45, 2.75) is 112 Å². The van der Waals surface area contributed by atoms with Crippen LogP contribution in [0.4, 0.5) is 0 Å². The molecule has 0 radical (unpaired) electrons. The largest absolute Gasteiger partial charge is 0.387 e. The van der Waals surface area contributed by atoms with Crippen LogP contribution in [0.3, 0.4) is 0 Å². The average Bonchev–Trinajstić information content (AvgIpc) is 2.94. The molecule has 4 aliphatic carbocycles. The maximum atomic E-state index is 13.0. The van der Waals surface area contributed by atoms with E-state index in [0.29, 0.717) is 30.5 Å². The number of Topliss-reactive ketones (excluding diaryl/α,β-unsaturated/α-hetero) is 2. The summed E-state index contributed by atoms with van der Waals surface area (Å²) in [6.07, 6.45) is 9.04. The number of carbonyl (C=O) groups is 2. The molecule has 188 valence electrons. The van der Waals surface area contributed by atoms with Crippen LogP contribution in [0.1, 0.15) is 93.9 Å². The highest BCUT2D eigenvalue weighted by molar-refractivity contribution is 5.86. The summed E-state index contributed by atoms with van der Waals surface area (Å²) in [7, 11) is 0. The number of carbonyl (C=O) groups excluding carboxylic acids is 2. The van der Waals surface area contributed by atoms with Crippen molar-refractivity contribution in [1.29, 1.82) is 0 Å². The van der Waals surface area contributed by atoms with Crippen molar-refractivity contribution in [1.82, 2.24) is 0 Å². The molecule has 0 bridgehead atoms. The maximum absolute atomic E-state index is 13.0. The molecule has 1 aliphatic heterocycles. The number of hydrogen-bond acceptors (Lipinski definition) is 4. The van der Waals surface area contributed by atoms with Gasteiger partial charge in [-0.2, -0.15) is 0 Å². The van der Waals surface area contributed by atoms with Gasteiger partial charge in [0.05, 0.1) is 11.7 Å². The lowest BCUT2D eigenvalue weighted by Gasteiger charge is -2.66. The van der Waals surface area contributed by atoms with Crippen LogP contribution in [0.2, 0.25) is 0 Å². The minimum absolute atomic E-state index is 0.00945. The lowest BCUT2D eigenvalue weighted by molar-refractivity contribution is -0.169. The van der Waals surface area contributed by atoms with Crippen molar-refractivity contribution in [3.63, 3.8) is 0 Å². The summed E-state index contributed by atoms with van der Waals surface area (Å²) in [5, 5.41) is 10.7. The highest BCUT2D eigenvalue weighted by Crippen LogP contribution is 2.73. The van der Waals surface area contributed by atoms with E-state index >= 15 is 0 Å². The quantitative estimate of drug-likeness (QED) is 0.526. The first-order chi connectivity index (χ1) is 15.6. The van der Waals surface area contributed by atoms with Crippen LogP contribution < -0.4 is 0 Å². The highest BCUT2D eigenvalue weighted by Gasteiger charge is 2.67. The summed E-state index contributed by atoms with van der Waals surface area (Å²) in [4.78, 5) is 25.9. The van der Waals surface area contributed by atoms with Gasteiger partial charge in [0.25, 0.3) is 0 Å². The maximum Gasteiger partial charge on any atom is 0.165 e. The van der Waals surface area contributed by atoms with E-state index in [-0.39, 0.29) is 39.5 Å². The molecule has 1 saturated heterocycles. The molecule has 4 nitrogen and oxygen atoms in total. The van der Waals surface area contributed by atoms with Gasteiger partial charge in [-0.3, -0.25) is 9.59 Å². The number of allylic oxidation sites excluding steroid dienone is 3. The van der Waals surface area contributed by atoms with Crippen LogP contribution in [0.5, 0.6) is 0 Å². The molecule has 0 spiro atoms. The molecule has 2 saturated carbocycles. The topological polar surface area (TPSA) is 63.6 Å². The molecule has 0 aromatic carbocycles. The van der Waals surface area contributed by atoms with E-state index in [1.54, 1.807) is 13.8 Å². The predicted octanol–water partition coefficient (Wildman–Crippen LogP) is 5.82. The predicted molar refractivity (Wildman–Crippen MR) is 133 cm³/mol. The van der Waals surface area contributed by atoms with Gasteiger partial charge in [0.1, 0.15) is 11.9 Å². The summed E-state index contributed by atoms with van der Waals surface area (Å²) >= 11 is 0. The number of hydrogen-bond donors (Lipinski definition) is 1. The van der Waals surface area contributed by atoms with Gasteiger partial charge in [-0.25, -0.2) is 0 Å². The molecule has 0 aromatic rings. The molecule has 4 heteroatoms. The van der Waals surface area contributed by atoms with Gasteiger partial charge in [-0.15, -0.1) is 0 Å². The van der Waals surface area contributed by atoms with Crippen LogP contribution in [0, 0.1) is 39.4 Å². The number of aliphatic hydroxyl groups is 1. The molecular weight excluding hydrogens is 424 g/mol. The molecule has 1 heterocycles. The number of fused-ring (bicyclic) bond motifs is 6. The first kappa shape index (κ1) is 24.4. The van der Waals surface area contributed by atoms with Gasteiger partial charge in [-0.1, -0.05) is 53.7 Å². The second kappa shape index (κ2) is 7.16. The number of rotatable bonds is 1. The Morgan fingerprint density at radius 2 is 1.76 bits per heavy atom. The van der Waals surface area contributed by atoms with E-state index in [9.17, 15) is 14.7 Å². The molecule has 8 atom stereocenters. The van der Waals surface area contributed by atoms with Crippen LogP contribution in [0.25, 0.3) is 0 Å². The molecule has 1 N–H and O–H groups in total. The fourth-order valence-corrected chi connectivity index (χ4v) is 9.46. The van der Waals surface area contributed by atoms with Gasteiger partial charge in [0, 0.05) is 23.7 Å². The molecule has 5 rings (SSSR count). The van der Waals surface area contributed by atoms with Crippen molar-refractivity contribution in [2.24, 2.45) is 39.4 Å². The van der Waals surface area contributed by atoms with E-state index in [1.165, 1.54) is 11.1 Å². The number of ether oxygens (including phenoxy) is 1. The Balaban J connectivity index is 1.59. The first-order valence-corrected chi connectivity index (χ1v) is 13.4. The number of ketones is 2. The van der Waals surface area contributed by atoms with Crippen molar-refractivity contribution in [3.8, 4) is 0 Å². The fourth-order valence-electron chi connectivity index (χ4n) is 9.46. The molecular formula is C30H44O4. The molecule has 3 fully saturated rings. The van der Waals surface area contributed by atoms with E-state index in [1.807, 2.05) is 0 Å². The van der Waals surface area contributed by atoms with E-state index in [4.69, 9.17) is 4.74 Å². The molecule has 0 unspecified atom stereocenters. The van der Waals surface area contributed by atoms with E-state index in [0.717, 1.165) is 25.7 Å². The van der Waals surface area contributed by atoms with Crippen molar-refractivity contribution in [3.05, 3.63) is 23.3 Å². The van der Waals surface area contributed by atoms with Gasteiger partial charge in [-0.05, 0) is 79.3 Å². The zero-order valence-electron chi connectivity index (χ0n) is 22.5. The standard InChI is InChI=1S/C30H44O4/c1-17-15-19(31)25(27(4,5)33)34-20-16-30(8)18(24(17)20)9-10-22-28(6)13-12-23(32)26(2,3)21(28)11-14-29(22,30)7/h9-10,17,20-22,25,33H,11-16H2,1-8H3/t17-,20+,21+,22+,25+,28+,29+,30+/m1/s1. The molecule has 34 heavy (non-hydrogen) atoms. The lowest BCUT2D eigenvalue weighted by Crippen LogP contribution is -2.61. The summed E-state index contributed by atoms with van der Waals surface area (Å²) < 4.78 is 6.51. The zero-order chi connectivity index (χ0) is 25.1. The lowest BCUT2D eigenvalue weighted by atomic mass is 9.37. The second-order valence-electron chi connectivity index (χ2n) is 14.1. The zero-order valence-corrected chi connectivity index (χ0v) is 22.5. The smallest absolute Gasteiger partial charge is 0.165 e. The Morgan fingerprint density at radius 3 is 2.41 bits per heavy atom. The summed E-state index contributed by atoms with van der Waals surface area (Å²) in [6, 6.07) is 0. The van der Waals surface area contributed by atoms with Crippen LogP contribution in [0.15, 0.2) is 23.3 Å². The average molecular weight is 469 g/mol. The van der Waals surface area contributed by atoms with Crippen molar-refractivity contribution in [2.75, 3.05) is 0 Å². The van der Waals surface area contributed by atoms with Crippen LogP contribution in [-0.2, 0) is 14.3 Å². The third-order valence-corrected chi connectivity index (χ3v) is 11.5. The van der Waals surface area contributed by atoms with Crippen molar-refractivity contribution >= 4 is 11.6 Å². The van der Waals surface area contributed by atoms with Gasteiger partial charge in [0.2, 0.25) is 0 Å². The second-order valence-corrected chi connectivity index (χ2v) is 14.1. The van der Waals surface area contributed by atoms with Crippen molar-refractivity contribution < 1.29 is 19.4 Å². The first-order valence-electron chi connectivity index (χ1n) is 13.4. The minimum Gasteiger partial charge on any atom is -0.387 e. The normalized spacial score (nSPS) is 48.1. The van der Waals surface area contributed by atoms with E-state index in [2.05, 4.69) is 53.7 Å². The van der Waals surface area contributed by atoms with E-state index < -0.39 is 11.7 Å². The Hall–Kier alpha value is -1.26. The van der Waals surface area contributed by atoms with Crippen LogP contribution >= 0.6 is 0 Å². The molecule has 0 amide bonds.